The smallest absolute Gasteiger partial charge is 0.410 e. The van der Waals surface area contributed by atoms with E-state index in [0.29, 0.717) is 0 Å². The van der Waals surface area contributed by atoms with Gasteiger partial charge in [-0.3, -0.25) is 4.79 Å². The molecular formula is C7H12ClNO4. The van der Waals surface area contributed by atoms with E-state index in [4.69, 9.17) is 11.6 Å². The fourth-order valence-electron chi connectivity index (χ4n) is 0.574. The summed E-state index contributed by atoms with van der Waals surface area (Å²) in [5.74, 6) is -0.376. The third kappa shape index (κ3) is 6.21. The molecule has 0 aliphatic carbocycles. The van der Waals surface area contributed by atoms with Crippen LogP contribution in [-0.4, -0.2) is 43.2 Å². The molecule has 0 saturated carbocycles. The molecule has 76 valence electrons. The monoisotopic (exact) mass is 209 g/mol. The highest BCUT2D eigenvalue weighted by Crippen LogP contribution is 1.91. The number of hydrogen-bond acceptors (Lipinski definition) is 4. The first-order valence-corrected chi connectivity index (χ1v) is 4.18. The van der Waals surface area contributed by atoms with Crippen LogP contribution < -0.4 is 0 Å². The van der Waals surface area contributed by atoms with Gasteiger partial charge in [0.25, 0.3) is 0 Å². The second kappa shape index (κ2) is 6.54. The topological polar surface area (TPSA) is 55.8 Å². The molecule has 0 heterocycles. The normalized spacial score (nSPS) is 9.15. The molecule has 0 rings (SSSR count). The Bertz CT molecular complexity index is 185. The maximum atomic E-state index is 10.9. The predicted octanol–water partition coefficient (Wildman–Crippen LogP) is 0.814. The fraction of sp³-hybridized carbons (Fsp3) is 0.714. The van der Waals surface area contributed by atoms with Crippen molar-refractivity contribution < 1.29 is 19.1 Å². The number of ether oxygens (including phenoxy) is 2. The van der Waals surface area contributed by atoms with Gasteiger partial charge in [-0.1, -0.05) is 11.6 Å². The van der Waals surface area contributed by atoms with Crippen LogP contribution in [-0.2, 0) is 14.3 Å². The van der Waals surface area contributed by atoms with Crippen LogP contribution in [0.4, 0.5) is 4.79 Å². The number of nitrogens with zero attached hydrogens (tertiary/aromatic N) is 1. The quantitative estimate of drug-likeness (QED) is 0.508. The zero-order valence-electron chi connectivity index (χ0n) is 7.58. The van der Waals surface area contributed by atoms with Crippen molar-refractivity contribution >= 4 is 23.7 Å². The molecule has 0 unspecified atom stereocenters. The van der Waals surface area contributed by atoms with Gasteiger partial charge in [0.15, 0.2) is 6.07 Å². The van der Waals surface area contributed by atoms with Crippen LogP contribution in [0.2, 0.25) is 0 Å². The highest BCUT2D eigenvalue weighted by molar-refractivity contribution is 6.17. The van der Waals surface area contributed by atoms with Gasteiger partial charge in [0, 0.05) is 14.0 Å². The van der Waals surface area contributed by atoms with Crippen LogP contribution in [0.25, 0.3) is 0 Å². The van der Waals surface area contributed by atoms with Crippen LogP contribution in [0.1, 0.15) is 6.92 Å². The van der Waals surface area contributed by atoms with E-state index in [1.165, 1.54) is 18.9 Å². The minimum absolute atomic E-state index is 0.156. The number of alkyl halides is 1. The molecule has 5 nitrogen and oxygen atoms in total. The number of hydrogen-bond donors (Lipinski definition) is 0. The van der Waals surface area contributed by atoms with Gasteiger partial charge in [0.2, 0.25) is 0 Å². The maximum Gasteiger partial charge on any atom is 0.410 e. The molecular weight excluding hydrogens is 198 g/mol. The van der Waals surface area contributed by atoms with Gasteiger partial charge in [-0.15, -0.1) is 0 Å². The molecule has 0 aromatic carbocycles. The van der Waals surface area contributed by atoms with E-state index < -0.39 is 6.09 Å². The van der Waals surface area contributed by atoms with Crippen LogP contribution in [0.3, 0.4) is 0 Å². The van der Waals surface area contributed by atoms with E-state index in [1.54, 1.807) is 0 Å². The van der Waals surface area contributed by atoms with Crippen LogP contribution >= 0.6 is 11.6 Å². The number of likely N-dealkylation sites (N-methyl/N-ethyl adjacent to an activating group) is 1. The van der Waals surface area contributed by atoms with E-state index in [1.807, 2.05) is 0 Å². The van der Waals surface area contributed by atoms with E-state index >= 15 is 0 Å². The SMILES string of the molecule is CC(=O)OCCN(C)C(=O)OCCl. The Morgan fingerprint density at radius 2 is 2.00 bits per heavy atom. The minimum atomic E-state index is -0.540. The summed E-state index contributed by atoms with van der Waals surface area (Å²) in [6.07, 6.45) is -0.540. The third-order valence-corrected chi connectivity index (χ3v) is 1.33. The molecule has 0 aliphatic rings. The van der Waals surface area contributed by atoms with Crippen LogP contribution in [0, 0.1) is 0 Å². The third-order valence-electron chi connectivity index (χ3n) is 1.22. The molecule has 0 aromatic rings. The number of rotatable bonds is 4. The largest absolute Gasteiger partial charge is 0.464 e. The first kappa shape index (κ1) is 12.0. The van der Waals surface area contributed by atoms with E-state index in [2.05, 4.69) is 9.47 Å². The number of amides is 1. The van der Waals surface area contributed by atoms with Crippen LogP contribution in [0.5, 0.6) is 0 Å². The fourth-order valence-corrected chi connectivity index (χ4v) is 0.668. The summed E-state index contributed by atoms with van der Waals surface area (Å²) >= 11 is 5.17. The van der Waals surface area contributed by atoms with Gasteiger partial charge in [0.1, 0.15) is 6.61 Å². The summed E-state index contributed by atoms with van der Waals surface area (Å²) in [5.41, 5.74) is 0. The number of carbonyl (C=O) groups is 2. The second-order valence-corrected chi connectivity index (χ2v) is 2.50. The lowest BCUT2D eigenvalue weighted by atomic mass is 10.6. The lowest BCUT2D eigenvalue weighted by Gasteiger charge is -2.15. The van der Waals surface area contributed by atoms with Gasteiger partial charge in [-0.2, -0.15) is 0 Å². The lowest BCUT2D eigenvalue weighted by molar-refractivity contribution is -0.141. The first-order chi connectivity index (χ1) is 6.07. The van der Waals surface area contributed by atoms with E-state index in [-0.39, 0.29) is 25.2 Å². The van der Waals surface area contributed by atoms with Gasteiger partial charge in [0.05, 0.1) is 6.54 Å². The molecule has 0 fully saturated rings. The van der Waals surface area contributed by atoms with Gasteiger partial charge in [-0.25, -0.2) is 4.79 Å². The summed E-state index contributed by atoms with van der Waals surface area (Å²) in [5, 5.41) is 0. The molecule has 0 aromatic heterocycles. The summed E-state index contributed by atoms with van der Waals surface area (Å²) in [4.78, 5) is 22.5. The summed E-state index contributed by atoms with van der Waals surface area (Å²) < 4.78 is 9.09. The minimum Gasteiger partial charge on any atom is -0.464 e. The Balaban J connectivity index is 3.55. The Hall–Kier alpha value is -0.970. The Morgan fingerprint density at radius 1 is 1.38 bits per heavy atom. The maximum absolute atomic E-state index is 10.9. The molecule has 0 saturated heterocycles. The van der Waals surface area contributed by atoms with Gasteiger partial charge in [-0.05, 0) is 0 Å². The van der Waals surface area contributed by atoms with Gasteiger partial charge >= 0.3 is 12.1 Å². The Morgan fingerprint density at radius 3 is 2.46 bits per heavy atom. The van der Waals surface area contributed by atoms with Crippen molar-refractivity contribution in [1.82, 2.24) is 4.90 Å². The average Bonchev–Trinajstić information content (AvgIpc) is 2.04. The Labute approximate surface area is 81.5 Å². The highest BCUT2D eigenvalue weighted by Gasteiger charge is 2.08. The van der Waals surface area contributed by atoms with E-state index in [0.717, 1.165) is 0 Å². The van der Waals surface area contributed by atoms with Crippen molar-refractivity contribution in [2.24, 2.45) is 0 Å². The first-order valence-electron chi connectivity index (χ1n) is 3.65. The zero-order valence-corrected chi connectivity index (χ0v) is 8.34. The molecule has 0 bridgehead atoms. The molecule has 1 amide bonds. The standard InChI is InChI=1S/C7H12ClNO4/c1-6(10)12-4-3-9(2)7(11)13-5-8/h3-5H2,1-2H3. The molecule has 6 heteroatoms. The molecule has 0 radical (unpaired) electrons. The van der Waals surface area contributed by atoms with Crippen molar-refractivity contribution in [2.75, 3.05) is 26.3 Å². The van der Waals surface area contributed by atoms with Crippen molar-refractivity contribution in [1.29, 1.82) is 0 Å². The molecule has 0 aliphatic heterocycles. The van der Waals surface area contributed by atoms with Crippen molar-refractivity contribution in [3.8, 4) is 0 Å². The van der Waals surface area contributed by atoms with Crippen molar-refractivity contribution in [3.05, 3.63) is 0 Å². The highest BCUT2D eigenvalue weighted by atomic mass is 35.5. The second-order valence-electron chi connectivity index (χ2n) is 2.28. The molecule has 0 spiro atoms. The van der Waals surface area contributed by atoms with Gasteiger partial charge < -0.3 is 14.4 Å². The number of esters is 1. The number of carbonyl (C=O) groups excluding carboxylic acids is 2. The number of halogens is 1. The van der Waals surface area contributed by atoms with Crippen molar-refractivity contribution in [2.45, 2.75) is 6.92 Å². The molecule has 0 N–H and O–H groups in total. The summed E-state index contributed by atoms with van der Waals surface area (Å²) in [7, 11) is 1.53. The average molecular weight is 210 g/mol. The van der Waals surface area contributed by atoms with Crippen molar-refractivity contribution in [3.63, 3.8) is 0 Å². The molecule has 13 heavy (non-hydrogen) atoms. The predicted molar refractivity (Wildman–Crippen MR) is 46.5 cm³/mol. The summed E-state index contributed by atoms with van der Waals surface area (Å²) in [6.45, 7) is 1.75. The van der Waals surface area contributed by atoms with E-state index in [9.17, 15) is 9.59 Å². The summed E-state index contributed by atoms with van der Waals surface area (Å²) in [6, 6.07) is -0.184. The lowest BCUT2D eigenvalue weighted by Crippen LogP contribution is -2.30. The molecule has 0 atom stereocenters. The zero-order chi connectivity index (χ0) is 10.3. The van der Waals surface area contributed by atoms with Crippen LogP contribution in [0.15, 0.2) is 0 Å². The Kier molecular flexibility index (Phi) is 6.05.